The Balaban J connectivity index is 2.44. The van der Waals surface area contributed by atoms with Gasteiger partial charge in [-0.05, 0) is 107 Å². The summed E-state index contributed by atoms with van der Waals surface area (Å²) in [7, 11) is -2.65. The van der Waals surface area contributed by atoms with Crippen LogP contribution in [-0.2, 0) is 24.6 Å². The predicted octanol–water partition coefficient (Wildman–Crippen LogP) is 5.17. The van der Waals surface area contributed by atoms with Crippen molar-refractivity contribution in [1.82, 2.24) is 5.32 Å². The van der Waals surface area contributed by atoms with Crippen LogP contribution < -0.4 is 5.32 Å². The van der Waals surface area contributed by atoms with Crippen LogP contribution in [0.1, 0.15) is 32.8 Å². The summed E-state index contributed by atoms with van der Waals surface area (Å²) in [5, 5.41) is 2.79. The smallest absolute Gasteiger partial charge is 0.445 e. The van der Waals surface area contributed by atoms with E-state index >= 15 is 0 Å². The van der Waals surface area contributed by atoms with E-state index in [4.69, 9.17) is 18.0 Å². The molecule has 6 nitrogen and oxygen atoms in total. The fraction of sp³-hybridized carbons (Fsp3) is 0.588. The molecule has 0 bridgehead atoms. The summed E-state index contributed by atoms with van der Waals surface area (Å²) in [6.07, 6.45) is 0.288. The van der Waals surface area contributed by atoms with E-state index in [0.717, 1.165) is 16.3 Å². The molecular formula is C17H26I3NO5Si. The maximum absolute atomic E-state index is 12.0. The van der Waals surface area contributed by atoms with Crippen LogP contribution in [0.15, 0.2) is 12.1 Å². The number of halogens is 3. The van der Waals surface area contributed by atoms with Crippen LogP contribution in [0, 0.1) is 10.7 Å². The van der Waals surface area contributed by atoms with Crippen molar-refractivity contribution in [2.75, 3.05) is 26.4 Å². The van der Waals surface area contributed by atoms with Crippen molar-refractivity contribution in [2.45, 2.75) is 39.8 Å². The fourth-order valence-electron chi connectivity index (χ4n) is 2.41. The van der Waals surface area contributed by atoms with Crippen LogP contribution >= 0.6 is 67.8 Å². The molecule has 154 valence electrons. The first-order chi connectivity index (χ1) is 12.9. The van der Waals surface area contributed by atoms with Gasteiger partial charge in [0.15, 0.2) is 0 Å². The Morgan fingerprint density at radius 2 is 1.63 bits per heavy atom. The van der Waals surface area contributed by atoms with Crippen molar-refractivity contribution >= 4 is 82.7 Å². The summed E-state index contributed by atoms with van der Waals surface area (Å²) in [5.41, 5.74) is 1.01. The second kappa shape index (κ2) is 13.9. The van der Waals surface area contributed by atoms with Crippen molar-refractivity contribution in [2.24, 2.45) is 0 Å². The molecule has 0 atom stereocenters. The molecule has 0 saturated carbocycles. The minimum Gasteiger partial charge on any atom is -0.445 e. The topological polar surface area (TPSA) is 66.0 Å². The lowest BCUT2D eigenvalue weighted by Gasteiger charge is -2.28. The molecule has 1 rings (SSSR count). The van der Waals surface area contributed by atoms with Gasteiger partial charge in [-0.2, -0.15) is 0 Å². The second-order valence-corrected chi connectivity index (χ2v) is 11.7. The monoisotopic (exact) mass is 733 g/mol. The third-order valence-electron chi connectivity index (χ3n) is 3.45. The van der Waals surface area contributed by atoms with Gasteiger partial charge >= 0.3 is 14.9 Å². The average Bonchev–Trinajstić information content (AvgIpc) is 2.61. The molecule has 0 fully saturated rings. The zero-order chi connectivity index (χ0) is 20.3. The van der Waals surface area contributed by atoms with Crippen LogP contribution in [0.2, 0.25) is 6.04 Å². The lowest BCUT2D eigenvalue weighted by Crippen LogP contribution is -2.46. The highest BCUT2D eigenvalue weighted by molar-refractivity contribution is 14.1. The number of carbonyl (C=O) groups is 1. The van der Waals surface area contributed by atoms with Crippen molar-refractivity contribution < 1.29 is 22.8 Å². The summed E-state index contributed by atoms with van der Waals surface area (Å²) in [4.78, 5) is 12.0. The molecule has 0 saturated heterocycles. The molecule has 0 aliphatic rings. The lowest BCUT2D eigenvalue weighted by molar-refractivity contribution is 0.0706. The van der Waals surface area contributed by atoms with E-state index in [9.17, 15) is 4.79 Å². The van der Waals surface area contributed by atoms with E-state index in [2.05, 4.69) is 79.2 Å². The van der Waals surface area contributed by atoms with E-state index < -0.39 is 14.9 Å². The quantitative estimate of drug-likeness (QED) is 0.139. The summed E-state index contributed by atoms with van der Waals surface area (Å²) in [6, 6.07) is 4.79. The number of benzene rings is 1. The van der Waals surface area contributed by atoms with Gasteiger partial charge in [0.05, 0.1) is 0 Å². The minimum absolute atomic E-state index is 0.256. The van der Waals surface area contributed by atoms with Gasteiger partial charge in [-0.25, -0.2) is 4.79 Å². The number of amides is 1. The number of hydrogen-bond acceptors (Lipinski definition) is 5. The van der Waals surface area contributed by atoms with Crippen LogP contribution in [0.5, 0.6) is 0 Å². The summed E-state index contributed by atoms with van der Waals surface area (Å²) in [6.45, 7) is 8.20. The number of ether oxygens (including phenoxy) is 1. The van der Waals surface area contributed by atoms with Crippen molar-refractivity contribution in [3.05, 3.63) is 28.4 Å². The van der Waals surface area contributed by atoms with E-state index in [1.54, 1.807) is 0 Å². The maximum atomic E-state index is 12.0. The van der Waals surface area contributed by atoms with Crippen molar-refractivity contribution in [1.29, 1.82) is 0 Å². The third kappa shape index (κ3) is 9.42. The van der Waals surface area contributed by atoms with Gasteiger partial charge in [0.1, 0.15) is 6.61 Å². The Hall–Kier alpha value is 0.777. The van der Waals surface area contributed by atoms with Gasteiger partial charge in [0, 0.05) is 48.7 Å². The summed E-state index contributed by atoms with van der Waals surface area (Å²) < 4.78 is 26.2. The molecule has 1 amide bonds. The molecule has 1 aromatic carbocycles. The lowest BCUT2D eigenvalue weighted by atomic mass is 10.2. The molecule has 0 aliphatic carbocycles. The zero-order valence-corrected chi connectivity index (χ0v) is 23.3. The molecule has 0 radical (unpaired) electrons. The molecular weight excluding hydrogens is 707 g/mol. The maximum Gasteiger partial charge on any atom is 0.500 e. The first-order valence-electron chi connectivity index (χ1n) is 8.83. The minimum atomic E-state index is -2.65. The molecule has 10 heteroatoms. The first kappa shape index (κ1) is 25.8. The van der Waals surface area contributed by atoms with Crippen LogP contribution in [0.3, 0.4) is 0 Å². The summed E-state index contributed by atoms with van der Waals surface area (Å²) >= 11 is 6.83. The highest BCUT2D eigenvalue weighted by atomic mass is 127. The van der Waals surface area contributed by atoms with Gasteiger partial charge in [0.25, 0.3) is 0 Å². The fourth-order valence-corrected chi connectivity index (χ4v) is 7.45. The highest BCUT2D eigenvalue weighted by Crippen LogP contribution is 2.23. The van der Waals surface area contributed by atoms with E-state index in [-0.39, 0.29) is 6.61 Å². The number of nitrogens with one attached hydrogen (secondary N) is 1. The summed E-state index contributed by atoms with van der Waals surface area (Å²) in [5.74, 6) is 0. The van der Waals surface area contributed by atoms with Gasteiger partial charge in [-0.1, -0.05) is 0 Å². The standard InChI is InChI=1S/C17H26I3NO5Si/c1-4-24-27(25-5-2,26-6-3)9-7-8-21-17(22)23-12-13-10-14(18)11-15(19)16(13)20/h10-11H,4-9,12H2,1-3H3,(H,21,22). The Bertz CT molecular complexity index is 589. The van der Waals surface area contributed by atoms with Gasteiger partial charge in [0.2, 0.25) is 0 Å². The highest BCUT2D eigenvalue weighted by Gasteiger charge is 2.39. The van der Waals surface area contributed by atoms with Crippen LogP contribution in [-0.4, -0.2) is 41.3 Å². The largest absolute Gasteiger partial charge is 0.500 e. The molecule has 0 spiro atoms. The van der Waals surface area contributed by atoms with Crippen molar-refractivity contribution in [3.63, 3.8) is 0 Å². The molecule has 1 aromatic rings. The second-order valence-electron chi connectivity index (χ2n) is 5.45. The average molecular weight is 733 g/mol. The molecule has 0 aromatic heterocycles. The Labute approximate surface area is 203 Å². The van der Waals surface area contributed by atoms with Gasteiger partial charge in [-0.15, -0.1) is 0 Å². The molecule has 0 unspecified atom stereocenters. The van der Waals surface area contributed by atoms with E-state index in [0.29, 0.717) is 38.8 Å². The SMILES string of the molecule is CCO[Si](CCCNC(=O)OCc1cc(I)cc(I)c1I)(OCC)OCC. The van der Waals surface area contributed by atoms with Crippen molar-refractivity contribution in [3.8, 4) is 0 Å². The Kier molecular flexibility index (Phi) is 13.3. The number of rotatable bonds is 12. The predicted molar refractivity (Wildman–Crippen MR) is 133 cm³/mol. The number of alkyl carbamates (subject to hydrolysis) is 1. The first-order valence-corrected chi connectivity index (χ1v) is 14.0. The molecule has 0 aliphatic heterocycles. The Morgan fingerprint density at radius 1 is 1.04 bits per heavy atom. The van der Waals surface area contributed by atoms with Gasteiger partial charge < -0.3 is 23.3 Å². The zero-order valence-electron chi connectivity index (χ0n) is 15.8. The normalized spacial score (nSPS) is 11.5. The number of hydrogen-bond donors (Lipinski definition) is 1. The van der Waals surface area contributed by atoms with Gasteiger partial charge in [-0.3, -0.25) is 0 Å². The van der Waals surface area contributed by atoms with E-state index in [1.807, 2.05) is 26.8 Å². The van der Waals surface area contributed by atoms with E-state index in [1.165, 1.54) is 0 Å². The van der Waals surface area contributed by atoms with Crippen LogP contribution in [0.4, 0.5) is 4.79 Å². The Morgan fingerprint density at radius 3 is 2.19 bits per heavy atom. The van der Waals surface area contributed by atoms with Crippen LogP contribution in [0.25, 0.3) is 0 Å². The molecule has 27 heavy (non-hydrogen) atoms. The molecule has 1 N–H and O–H groups in total. The molecule has 0 heterocycles. The third-order valence-corrected chi connectivity index (χ3v) is 10.4. The number of carbonyl (C=O) groups excluding carboxylic acids is 1.